The zero-order chi connectivity index (χ0) is 13.9. The third-order valence-corrected chi connectivity index (χ3v) is 5.21. The van der Waals surface area contributed by atoms with Crippen LogP contribution in [0.5, 0.6) is 0 Å². The molecule has 0 aromatic rings. The maximum absolute atomic E-state index is 10.5. The van der Waals surface area contributed by atoms with E-state index in [1.54, 1.807) is 0 Å². The molecule has 0 spiro atoms. The van der Waals surface area contributed by atoms with E-state index >= 15 is 0 Å². The third-order valence-electron chi connectivity index (χ3n) is 5.21. The summed E-state index contributed by atoms with van der Waals surface area (Å²) in [5.74, 6) is -0.860. The summed E-state index contributed by atoms with van der Waals surface area (Å²) in [6.07, 6.45) is 7.54. The van der Waals surface area contributed by atoms with E-state index in [1.165, 1.54) is 38.8 Å². The number of carbonyl (C=O) groups is 1. The molecule has 3 fully saturated rings. The molecule has 3 heterocycles. The molecule has 0 aliphatic carbocycles. The van der Waals surface area contributed by atoms with Crippen LogP contribution >= 0.6 is 0 Å². The average Bonchev–Trinajstić information content (AvgIpc) is 2.89. The van der Waals surface area contributed by atoms with Gasteiger partial charge < -0.3 is 9.84 Å². The summed E-state index contributed by atoms with van der Waals surface area (Å²) in [4.78, 5) is 15.8. The fourth-order valence-corrected chi connectivity index (χ4v) is 4.21. The molecule has 1 N–H and O–H groups in total. The van der Waals surface area contributed by atoms with Crippen molar-refractivity contribution in [2.45, 2.75) is 56.7 Å². The molecule has 3 aliphatic rings. The highest BCUT2D eigenvalue weighted by Gasteiger charge is 2.39. The Morgan fingerprint density at radius 1 is 0.950 bits per heavy atom. The van der Waals surface area contributed by atoms with E-state index in [-0.39, 0.29) is 12.7 Å². The molecule has 5 nitrogen and oxygen atoms in total. The highest BCUT2D eigenvalue weighted by molar-refractivity contribution is 5.68. The predicted molar refractivity (Wildman–Crippen MR) is 75.8 cm³/mol. The topological polar surface area (TPSA) is 53.0 Å². The lowest BCUT2D eigenvalue weighted by molar-refractivity contribution is -0.145. The van der Waals surface area contributed by atoms with Gasteiger partial charge in [-0.15, -0.1) is 0 Å². The van der Waals surface area contributed by atoms with Crippen LogP contribution in [0.25, 0.3) is 0 Å². The van der Waals surface area contributed by atoms with E-state index in [1.807, 2.05) is 0 Å². The first-order valence-electron chi connectivity index (χ1n) is 8.05. The molecule has 2 unspecified atom stereocenters. The summed E-state index contributed by atoms with van der Waals surface area (Å²) < 4.78 is 5.43. The Hall–Kier alpha value is -0.650. The summed E-state index contributed by atoms with van der Waals surface area (Å²) in [6.45, 7) is 4.55. The Kier molecular flexibility index (Phi) is 4.58. The molecule has 114 valence electrons. The molecular formula is C15H26N2O3. The summed E-state index contributed by atoms with van der Waals surface area (Å²) in [7, 11) is 0. The van der Waals surface area contributed by atoms with Crippen LogP contribution in [0.15, 0.2) is 0 Å². The molecular weight excluding hydrogens is 256 g/mol. The van der Waals surface area contributed by atoms with Gasteiger partial charge in [0.15, 0.2) is 0 Å². The van der Waals surface area contributed by atoms with Gasteiger partial charge in [0.05, 0.1) is 6.10 Å². The Morgan fingerprint density at radius 2 is 1.60 bits per heavy atom. The van der Waals surface area contributed by atoms with Crippen molar-refractivity contribution in [3.63, 3.8) is 0 Å². The van der Waals surface area contributed by atoms with Gasteiger partial charge in [0.25, 0.3) is 0 Å². The maximum Gasteiger partial charge on any atom is 0.329 e. The molecule has 5 heteroatoms. The molecule has 0 aromatic heterocycles. The minimum Gasteiger partial charge on any atom is -0.480 e. The lowest BCUT2D eigenvalue weighted by atomic mass is 9.95. The number of carboxylic acid groups (broad SMARTS) is 1. The fourth-order valence-electron chi connectivity index (χ4n) is 4.21. The van der Waals surface area contributed by atoms with E-state index in [0.29, 0.717) is 0 Å². The Labute approximate surface area is 120 Å². The van der Waals surface area contributed by atoms with Crippen LogP contribution in [0.2, 0.25) is 0 Å². The second kappa shape index (κ2) is 6.41. The number of hydrogen-bond donors (Lipinski definition) is 1. The first-order valence-corrected chi connectivity index (χ1v) is 8.05. The normalized spacial score (nSPS) is 33.2. The number of rotatable bonds is 4. The zero-order valence-corrected chi connectivity index (χ0v) is 12.2. The number of likely N-dealkylation sites (tertiary alicyclic amines) is 1. The van der Waals surface area contributed by atoms with Crippen molar-refractivity contribution in [3.8, 4) is 0 Å². The molecule has 3 saturated heterocycles. The molecule has 3 aliphatic heterocycles. The molecule has 0 bridgehead atoms. The zero-order valence-electron chi connectivity index (χ0n) is 12.2. The summed E-state index contributed by atoms with van der Waals surface area (Å²) in [5, 5.41) is 8.66. The standard InChI is InChI=1S/C15H26N2O3/c18-15(19)11-20-12-4-8-17(9-5-12)14-6-10-16-7-2-1-3-13(14)16/h12-14H,1-11H2,(H,18,19). The Balaban J connectivity index is 1.47. The Morgan fingerprint density at radius 3 is 2.35 bits per heavy atom. The fraction of sp³-hybridized carbons (Fsp3) is 0.933. The van der Waals surface area contributed by atoms with E-state index in [9.17, 15) is 4.79 Å². The van der Waals surface area contributed by atoms with E-state index in [0.717, 1.165) is 38.0 Å². The van der Waals surface area contributed by atoms with Gasteiger partial charge in [-0.3, -0.25) is 9.80 Å². The molecule has 3 rings (SSSR count). The SMILES string of the molecule is O=C(O)COC1CCN(C2CCN3CCCCC23)CC1. The Bertz CT molecular complexity index is 342. The summed E-state index contributed by atoms with van der Waals surface area (Å²) in [6, 6.07) is 1.51. The van der Waals surface area contributed by atoms with Gasteiger partial charge in [-0.05, 0) is 38.6 Å². The van der Waals surface area contributed by atoms with Crippen LogP contribution in [0.1, 0.15) is 38.5 Å². The van der Waals surface area contributed by atoms with Crippen molar-refractivity contribution in [2.24, 2.45) is 0 Å². The molecule has 0 saturated carbocycles. The summed E-state index contributed by atoms with van der Waals surface area (Å²) >= 11 is 0. The lowest BCUT2D eigenvalue weighted by Crippen LogP contribution is -2.50. The number of ether oxygens (including phenoxy) is 1. The number of hydrogen-bond acceptors (Lipinski definition) is 4. The maximum atomic E-state index is 10.5. The van der Waals surface area contributed by atoms with Crippen LogP contribution in [-0.4, -0.2) is 71.8 Å². The van der Waals surface area contributed by atoms with E-state index in [2.05, 4.69) is 9.80 Å². The minimum absolute atomic E-state index is 0.145. The van der Waals surface area contributed by atoms with Crippen molar-refractivity contribution >= 4 is 5.97 Å². The average molecular weight is 282 g/mol. The van der Waals surface area contributed by atoms with Crippen LogP contribution in [0.3, 0.4) is 0 Å². The first kappa shape index (κ1) is 14.3. The third kappa shape index (κ3) is 3.15. The number of carboxylic acids is 1. The minimum atomic E-state index is -0.860. The van der Waals surface area contributed by atoms with Crippen molar-refractivity contribution in [1.82, 2.24) is 9.80 Å². The molecule has 20 heavy (non-hydrogen) atoms. The van der Waals surface area contributed by atoms with Crippen molar-refractivity contribution in [1.29, 1.82) is 0 Å². The van der Waals surface area contributed by atoms with Gasteiger partial charge in [-0.25, -0.2) is 4.79 Å². The lowest BCUT2D eigenvalue weighted by Gasteiger charge is -2.41. The highest BCUT2D eigenvalue weighted by Crippen LogP contribution is 2.32. The molecule has 0 radical (unpaired) electrons. The second-order valence-corrected chi connectivity index (χ2v) is 6.40. The molecule has 0 amide bonds. The number of fused-ring (bicyclic) bond motifs is 1. The number of piperidine rings is 2. The van der Waals surface area contributed by atoms with Crippen molar-refractivity contribution in [2.75, 3.05) is 32.8 Å². The first-order chi connectivity index (χ1) is 9.74. The van der Waals surface area contributed by atoms with Crippen molar-refractivity contribution in [3.05, 3.63) is 0 Å². The molecule has 0 aromatic carbocycles. The van der Waals surface area contributed by atoms with Crippen LogP contribution < -0.4 is 0 Å². The number of aliphatic carboxylic acids is 1. The number of nitrogens with zero attached hydrogens (tertiary/aromatic N) is 2. The monoisotopic (exact) mass is 282 g/mol. The van der Waals surface area contributed by atoms with Gasteiger partial charge in [-0.1, -0.05) is 6.42 Å². The van der Waals surface area contributed by atoms with E-state index < -0.39 is 5.97 Å². The van der Waals surface area contributed by atoms with Gasteiger partial charge in [0, 0.05) is 31.7 Å². The van der Waals surface area contributed by atoms with Gasteiger partial charge in [-0.2, -0.15) is 0 Å². The predicted octanol–water partition coefficient (Wildman–Crippen LogP) is 1.18. The largest absolute Gasteiger partial charge is 0.480 e. The second-order valence-electron chi connectivity index (χ2n) is 6.40. The quantitative estimate of drug-likeness (QED) is 0.839. The van der Waals surface area contributed by atoms with Crippen LogP contribution in [-0.2, 0) is 9.53 Å². The summed E-state index contributed by atoms with van der Waals surface area (Å²) in [5.41, 5.74) is 0. The van der Waals surface area contributed by atoms with Crippen LogP contribution in [0.4, 0.5) is 0 Å². The van der Waals surface area contributed by atoms with Crippen LogP contribution in [0, 0.1) is 0 Å². The van der Waals surface area contributed by atoms with Gasteiger partial charge in [0.2, 0.25) is 0 Å². The van der Waals surface area contributed by atoms with Gasteiger partial charge in [0.1, 0.15) is 6.61 Å². The van der Waals surface area contributed by atoms with Gasteiger partial charge >= 0.3 is 5.97 Å². The van der Waals surface area contributed by atoms with Crippen molar-refractivity contribution < 1.29 is 14.6 Å². The smallest absolute Gasteiger partial charge is 0.329 e. The highest BCUT2D eigenvalue weighted by atomic mass is 16.5. The van der Waals surface area contributed by atoms with E-state index in [4.69, 9.17) is 9.84 Å². The molecule has 2 atom stereocenters.